The third-order valence-electron chi connectivity index (χ3n) is 2.55. The van der Waals surface area contributed by atoms with E-state index in [1.807, 2.05) is 11.7 Å². The second kappa shape index (κ2) is 3.74. The summed E-state index contributed by atoms with van der Waals surface area (Å²) in [5.74, 6) is 0. The molecule has 1 saturated heterocycles. The average molecular weight is 199 g/mol. The van der Waals surface area contributed by atoms with Gasteiger partial charge in [-0.15, -0.1) is 11.3 Å². The van der Waals surface area contributed by atoms with Crippen LogP contribution in [0.25, 0.3) is 0 Å². The van der Waals surface area contributed by atoms with E-state index in [1.54, 1.807) is 11.3 Å². The molecule has 2 heterocycles. The van der Waals surface area contributed by atoms with Crippen LogP contribution in [0.3, 0.4) is 0 Å². The number of aromatic nitrogens is 1. The van der Waals surface area contributed by atoms with Crippen LogP contribution in [-0.4, -0.2) is 29.9 Å². The van der Waals surface area contributed by atoms with Gasteiger partial charge >= 0.3 is 0 Å². The molecule has 0 amide bonds. The average Bonchev–Trinajstić information content (AvgIpc) is 2.77. The van der Waals surface area contributed by atoms with Crippen molar-refractivity contribution in [2.24, 2.45) is 5.41 Å². The number of rotatable bonds is 3. The van der Waals surface area contributed by atoms with Crippen LogP contribution in [-0.2, 0) is 11.2 Å². The topological polar surface area (TPSA) is 42.4 Å². The van der Waals surface area contributed by atoms with E-state index in [0.29, 0.717) is 6.61 Å². The molecule has 4 heteroatoms. The minimum atomic E-state index is -0.0352. The van der Waals surface area contributed by atoms with E-state index in [4.69, 9.17) is 4.74 Å². The van der Waals surface area contributed by atoms with Gasteiger partial charge in [-0.2, -0.15) is 0 Å². The zero-order valence-corrected chi connectivity index (χ0v) is 8.22. The van der Waals surface area contributed by atoms with Gasteiger partial charge in [-0.1, -0.05) is 0 Å². The standard InChI is InChI=1S/C9H13NO2S/c11-5-9(1-2-12-6-9)3-8-4-10-7-13-8/h4,7,11H,1-3,5-6H2. The second-order valence-electron chi connectivity index (χ2n) is 3.61. The first-order valence-corrected chi connectivity index (χ1v) is 5.29. The number of hydrogen-bond donors (Lipinski definition) is 1. The number of aliphatic hydroxyl groups excluding tert-OH is 1. The highest BCUT2D eigenvalue weighted by atomic mass is 32.1. The quantitative estimate of drug-likeness (QED) is 0.792. The summed E-state index contributed by atoms with van der Waals surface area (Å²) in [4.78, 5) is 5.26. The van der Waals surface area contributed by atoms with E-state index in [0.717, 1.165) is 19.4 Å². The van der Waals surface area contributed by atoms with Crippen LogP contribution in [0.2, 0.25) is 0 Å². The minimum absolute atomic E-state index is 0.0352. The van der Waals surface area contributed by atoms with Gasteiger partial charge in [-0.25, -0.2) is 0 Å². The van der Waals surface area contributed by atoms with Crippen molar-refractivity contribution in [2.75, 3.05) is 19.8 Å². The zero-order valence-electron chi connectivity index (χ0n) is 7.40. The molecule has 0 bridgehead atoms. The molecule has 1 N–H and O–H groups in total. The van der Waals surface area contributed by atoms with Crippen molar-refractivity contribution in [1.82, 2.24) is 4.98 Å². The molecule has 0 spiro atoms. The molecule has 72 valence electrons. The monoisotopic (exact) mass is 199 g/mol. The fraction of sp³-hybridized carbons (Fsp3) is 0.667. The maximum atomic E-state index is 9.32. The molecule has 2 rings (SSSR count). The van der Waals surface area contributed by atoms with E-state index in [9.17, 15) is 5.11 Å². The molecule has 1 unspecified atom stereocenters. The van der Waals surface area contributed by atoms with Gasteiger partial charge in [-0.3, -0.25) is 4.98 Å². The molecule has 13 heavy (non-hydrogen) atoms. The van der Waals surface area contributed by atoms with E-state index in [-0.39, 0.29) is 12.0 Å². The minimum Gasteiger partial charge on any atom is -0.396 e. The van der Waals surface area contributed by atoms with Crippen LogP contribution in [0.15, 0.2) is 11.7 Å². The summed E-state index contributed by atoms with van der Waals surface area (Å²) in [6.07, 6.45) is 3.73. The Morgan fingerprint density at radius 2 is 2.62 bits per heavy atom. The van der Waals surface area contributed by atoms with Gasteiger partial charge in [0.05, 0.1) is 18.7 Å². The van der Waals surface area contributed by atoms with Crippen LogP contribution in [0, 0.1) is 5.41 Å². The second-order valence-corrected chi connectivity index (χ2v) is 4.58. The number of hydrogen-bond acceptors (Lipinski definition) is 4. The highest BCUT2D eigenvalue weighted by molar-refractivity contribution is 7.09. The molecule has 1 aliphatic rings. The lowest BCUT2D eigenvalue weighted by molar-refractivity contribution is 0.0941. The van der Waals surface area contributed by atoms with Crippen molar-refractivity contribution in [3.8, 4) is 0 Å². The summed E-state index contributed by atoms with van der Waals surface area (Å²) >= 11 is 1.65. The summed E-state index contributed by atoms with van der Waals surface area (Å²) in [5, 5.41) is 9.32. The van der Waals surface area contributed by atoms with E-state index < -0.39 is 0 Å². The van der Waals surface area contributed by atoms with Crippen molar-refractivity contribution >= 4 is 11.3 Å². The number of thiazole rings is 1. The summed E-state index contributed by atoms with van der Waals surface area (Å²) in [5.41, 5.74) is 1.79. The van der Waals surface area contributed by atoms with Gasteiger partial charge in [0.2, 0.25) is 0 Å². The van der Waals surface area contributed by atoms with Crippen LogP contribution < -0.4 is 0 Å². The van der Waals surface area contributed by atoms with Crippen LogP contribution in [0.4, 0.5) is 0 Å². The Balaban J connectivity index is 2.06. The summed E-state index contributed by atoms with van der Waals surface area (Å²) < 4.78 is 5.32. The number of nitrogens with zero attached hydrogens (tertiary/aromatic N) is 1. The third kappa shape index (κ3) is 1.90. The first kappa shape index (κ1) is 9.12. The summed E-state index contributed by atoms with van der Waals surface area (Å²) in [7, 11) is 0. The number of ether oxygens (including phenoxy) is 1. The largest absolute Gasteiger partial charge is 0.396 e. The molecule has 1 atom stereocenters. The van der Waals surface area contributed by atoms with Crippen molar-refractivity contribution in [3.05, 3.63) is 16.6 Å². The molecule has 0 saturated carbocycles. The van der Waals surface area contributed by atoms with Gasteiger partial charge in [0, 0.05) is 23.1 Å². The van der Waals surface area contributed by atoms with Crippen LogP contribution in [0.5, 0.6) is 0 Å². The lowest BCUT2D eigenvalue weighted by Crippen LogP contribution is -2.28. The summed E-state index contributed by atoms with van der Waals surface area (Å²) in [6.45, 7) is 1.67. The van der Waals surface area contributed by atoms with Crippen molar-refractivity contribution in [2.45, 2.75) is 12.8 Å². The Hall–Kier alpha value is -0.450. The van der Waals surface area contributed by atoms with E-state index >= 15 is 0 Å². The van der Waals surface area contributed by atoms with Crippen molar-refractivity contribution < 1.29 is 9.84 Å². The first-order valence-electron chi connectivity index (χ1n) is 4.41. The smallest absolute Gasteiger partial charge is 0.0794 e. The molecular weight excluding hydrogens is 186 g/mol. The predicted molar refractivity (Wildman–Crippen MR) is 50.8 cm³/mol. The SMILES string of the molecule is OCC1(Cc2cncs2)CCOC1. The molecule has 3 nitrogen and oxygen atoms in total. The fourth-order valence-electron chi connectivity index (χ4n) is 1.67. The molecule has 1 fully saturated rings. The molecule has 1 aromatic heterocycles. The Bertz CT molecular complexity index is 255. The van der Waals surface area contributed by atoms with E-state index in [1.165, 1.54) is 4.88 Å². The molecular formula is C9H13NO2S. The Morgan fingerprint density at radius 3 is 3.15 bits per heavy atom. The number of aliphatic hydroxyl groups is 1. The van der Waals surface area contributed by atoms with Crippen LogP contribution >= 0.6 is 11.3 Å². The van der Waals surface area contributed by atoms with E-state index in [2.05, 4.69) is 4.98 Å². The Labute approximate surface area is 81.4 Å². The fourth-order valence-corrected chi connectivity index (χ4v) is 2.44. The Kier molecular flexibility index (Phi) is 2.62. The summed E-state index contributed by atoms with van der Waals surface area (Å²) in [6, 6.07) is 0. The predicted octanol–water partition coefficient (Wildman–Crippen LogP) is 1.08. The maximum absolute atomic E-state index is 9.32. The molecule has 1 aromatic rings. The van der Waals surface area contributed by atoms with Gasteiger partial charge in [0.25, 0.3) is 0 Å². The van der Waals surface area contributed by atoms with Crippen LogP contribution in [0.1, 0.15) is 11.3 Å². The molecule has 0 radical (unpaired) electrons. The first-order chi connectivity index (χ1) is 6.35. The lowest BCUT2D eigenvalue weighted by Gasteiger charge is -2.23. The van der Waals surface area contributed by atoms with Gasteiger partial charge < -0.3 is 9.84 Å². The zero-order chi connectivity index (χ0) is 9.15. The van der Waals surface area contributed by atoms with Crippen molar-refractivity contribution in [3.63, 3.8) is 0 Å². The lowest BCUT2D eigenvalue weighted by atomic mass is 9.84. The highest BCUT2D eigenvalue weighted by Gasteiger charge is 2.34. The normalized spacial score (nSPS) is 28.1. The van der Waals surface area contributed by atoms with Gasteiger partial charge in [0.1, 0.15) is 0 Å². The van der Waals surface area contributed by atoms with Gasteiger partial charge in [-0.05, 0) is 12.8 Å². The van der Waals surface area contributed by atoms with Gasteiger partial charge in [0.15, 0.2) is 0 Å². The Morgan fingerprint density at radius 1 is 1.69 bits per heavy atom. The highest BCUT2D eigenvalue weighted by Crippen LogP contribution is 2.32. The third-order valence-corrected chi connectivity index (χ3v) is 3.33. The van der Waals surface area contributed by atoms with Crippen molar-refractivity contribution in [1.29, 1.82) is 0 Å². The molecule has 0 aromatic carbocycles. The molecule has 0 aliphatic carbocycles. The maximum Gasteiger partial charge on any atom is 0.0794 e. The molecule has 1 aliphatic heterocycles.